The number of aliphatic hydroxyl groups is 1. The van der Waals surface area contributed by atoms with E-state index in [1.54, 1.807) is 11.8 Å². The lowest BCUT2D eigenvalue weighted by Crippen LogP contribution is -2.22. The van der Waals surface area contributed by atoms with E-state index in [-0.39, 0.29) is 12.5 Å². The van der Waals surface area contributed by atoms with Gasteiger partial charge in [0.2, 0.25) is 5.91 Å². The van der Waals surface area contributed by atoms with E-state index in [2.05, 4.69) is 17.2 Å². The predicted octanol–water partition coefficient (Wildman–Crippen LogP) is 1.40. The molecule has 0 bridgehead atoms. The van der Waals surface area contributed by atoms with Gasteiger partial charge in [-0.3, -0.25) is 4.79 Å². The zero-order chi connectivity index (χ0) is 13.2. The van der Waals surface area contributed by atoms with Gasteiger partial charge in [-0.25, -0.2) is 0 Å². The van der Waals surface area contributed by atoms with Gasteiger partial charge >= 0.3 is 0 Å². The summed E-state index contributed by atoms with van der Waals surface area (Å²) in [6.07, 6.45) is 2.54. The van der Waals surface area contributed by atoms with Crippen LogP contribution < -0.4 is 5.32 Å². The van der Waals surface area contributed by atoms with Crippen molar-refractivity contribution >= 4 is 17.7 Å². The van der Waals surface area contributed by atoms with Crippen LogP contribution in [0.5, 0.6) is 0 Å². The third-order valence-corrected chi connectivity index (χ3v) is 2.90. The minimum Gasteiger partial charge on any atom is -0.384 e. The summed E-state index contributed by atoms with van der Waals surface area (Å²) in [5.41, 5.74) is 1.91. The predicted molar refractivity (Wildman–Crippen MR) is 75.3 cm³/mol. The van der Waals surface area contributed by atoms with Crippen LogP contribution in [0.3, 0.4) is 0 Å². The van der Waals surface area contributed by atoms with Crippen molar-refractivity contribution in [2.45, 2.75) is 13.0 Å². The van der Waals surface area contributed by atoms with Crippen molar-refractivity contribution in [2.75, 3.05) is 18.6 Å². The minimum atomic E-state index is -0.132. The Kier molecular flexibility index (Phi) is 7.00. The van der Waals surface area contributed by atoms with Crippen LogP contribution in [0.2, 0.25) is 0 Å². The maximum absolute atomic E-state index is 11.4. The fourth-order valence-corrected chi connectivity index (χ4v) is 1.72. The molecule has 0 aliphatic rings. The van der Waals surface area contributed by atoms with Gasteiger partial charge in [0.25, 0.3) is 0 Å². The van der Waals surface area contributed by atoms with E-state index < -0.39 is 0 Å². The molecule has 0 saturated carbocycles. The molecule has 3 nitrogen and oxygen atoms in total. The molecule has 0 atom stereocenters. The first-order valence-electron chi connectivity index (χ1n) is 5.70. The number of hydrogen-bond acceptors (Lipinski definition) is 3. The highest BCUT2D eigenvalue weighted by atomic mass is 32.2. The molecule has 0 heterocycles. The largest absolute Gasteiger partial charge is 0.384 e. The Morgan fingerprint density at radius 2 is 2.11 bits per heavy atom. The number of amides is 1. The molecule has 96 valence electrons. The van der Waals surface area contributed by atoms with Crippen LogP contribution in [-0.4, -0.2) is 29.6 Å². The van der Waals surface area contributed by atoms with Crippen molar-refractivity contribution in [3.63, 3.8) is 0 Å². The Morgan fingerprint density at radius 3 is 2.72 bits per heavy atom. The van der Waals surface area contributed by atoms with E-state index in [1.165, 1.54) is 0 Å². The van der Waals surface area contributed by atoms with E-state index in [0.717, 1.165) is 16.9 Å². The molecule has 0 unspecified atom stereocenters. The Morgan fingerprint density at radius 1 is 1.39 bits per heavy atom. The zero-order valence-corrected chi connectivity index (χ0v) is 11.2. The second kappa shape index (κ2) is 8.62. The van der Waals surface area contributed by atoms with Gasteiger partial charge in [0.05, 0.1) is 0 Å². The standard InChI is InChI=1S/C14H17NO2S/c1-18-10-8-14(17)15-11-13-6-4-12(5-7-13)3-2-9-16/h4-7,16H,8-11H2,1H3,(H,15,17). The van der Waals surface area contributed by atoms with E-state index in [4.69, 9.17) is 5.11 Å². The maximum Gasteiger partial charge on any atom is 0.221 e. The number of carbonyl (C=O) groups excluding carboxylic acids is 1. The van der Waals surface area contributed by atoms with Gasteiger partial charge in [0.1, 0.15) is 6.61 Å². The van der Waals surface area contributed by atoms with Crippen LogP contribution in [0, 0.1) is 11.8 Å². The quantitative estimate of drug-likeness (QED) is 0.790. The highest BCUT2D eigenvalue weighted by molar-refractivity contribution is 7.98. The molecule has 0 fully saturated rings. The number of hydrogen-bond donors (Lipinski definition) is 2. The second-order valence-electron chi connectivity index (χ2n) is 3.68. The van der Waals surface area contributed by atoms with Crippen LogP contribution in [0.25, 0.3) is 0 Å². The first kappa shape index (κ1) is 14.6. The van der Waals surface area contributed by atoms with E-state index in [1.807, 2.05) is 30.5 Å². The Hall–Kier alpha value is -1.44. The molecule has 0 aliphatic carbocycles. The number of benzene rings is 1. The fraction of sp³-hybridized carbons (Fsp3) is 0.357. The molecular formula is C14H17NO2S. The SMILES string of the molecule is CSCCC(=O)NCc1ccc(C#CCO)cc1. The molecule has 1 amide bonds. The summed E-state index contributed by atoms with van der Waals surface area (Å²) < 4.78 is 0. The zero-order valence-electron chi connectivity index (χ0n) is 10.4. The molecule has 0 saturated heterocycles. The molecule has 0 aliphatic heterocycles. The van der Waals surface area contributed by atoms with Crippen LogP contribution >= 0.6 is 11.8 Å². The molecule has 4 heteroatoms. The van der Waals surface area contributed by atoms with Crippen molar-refractivity contribution in [1.82, 2.24) is 5.32 Å². The normalized spacial score (nSPS) is 9.44. The Bertz CT molecular complexity index is 431. The summed E-state index contributed by atoms with van der Waals surface area (Å²) in [5, 5.41) is 11.4. The second-order valence-corrected chi connectivity index (χ2v) is 4.66. The van der Waals surface area contributed by atoms with Crippen LogP contribution in [0.4, 0.5) is 0 Å². The topological polar surface area (TPSA) is 49.3 Å². The van der Waals surface area contributed by atoms with E-state index in [0.29, 0.717) is 13.0 Å². The molecule has 18 heavy (non-hydrogen) atoms. The van der Waals surface area contributed by atoms with Crippen LogP contribution in [0.15, 0.2) is 24.3 Å². The number of aliphatic hydroxyl groups excluding tert-OH is 1. The molecule has 0 spiro atoms. The van der Waals surface area contributed by atoms with E-state index >= 15 is 0 Å². The molecule has 0 radical (unpaired) electrons. The third kappa shape index (κ3) is 5.76. The van der Waals surface area contributed by atoms with Gasteiger partial charge < -0.3 is 10.4 Å². The summed E-state index contributed by atoms with van der Waals surface area (Å²) in [6, 6.07) is 7.62. The van der Waals surface area contributed by atoms with Crippen molar-refractivity contribution in [3.05, 3.63) is 35.4 Å². The van der Waals surface area contributed by atoms with Crippen molar-refractivity contribution < 1.29 is 9.90 Å². The average Bonchev–Trinajstić information content (AvgIpc) is 2.41. The first-order valence-corrected chi connectivity index (χ1v) is 7.10. The van der Waals surface area contributed by atoms with Gasteiger partial charge in [-0.1, -0.05) is 24.0 Å². The summed E-state index contributed by atoms with van der Waals surface area (Å²) in [5.74, 6) is 6.34. The number of nitrogens with one attached hydrogen (secondary N) is 1. The highest BCUT2D eigenvalue weighted by Gasteiger charge is 2.00. The molecule has 1 aromatic rings. The van der Waals surface area contributed by atoms with Gasteiger partial charge in [-0.2, -0.15) is 11.8 Å². The third-order valence-electron chi connectivity index (χ3n) is 2.29. The van der Waals surface area contributed by atoms with Gasteiger partial charge in [0, 0.05) is 24.3 Å². The Labute approximate surface area is 112 Å². The van der Waals surface area contributed by atoms with Gasteiger partial charge in [-0.15, -0.1) is 0 Å². The van der Waals surface area contributed by atoms with Gasteiger partial charge in [-0.05, 0) is 24.0 Å². The number of thioether (sulfide) groups is 1. The van der Waals surface area contributed by atoms with E-state index in [9.17, 15) is 4.79 Å². The van der Waals surface area contributed by atoms with Crippen molar-refractivity contribution in [2.24, 2.45) is 0 Å². The number of carbonyl (C=O) groups is 1. The van der Waals surface area contributed by atoms with Gasteiger partial charge in [0.15, 0.2) is 0 Å². The molecule has 1 aromatic carbocycles. The van der Waals surface area contributed by atoms with Crippen molar-refractivity contribution in [1.29, 1.82) is 0 Å². The summed E-state index contributed by atoms with van der Waals surface area (Å²) in [4.78, 5) is 11.4. The molecular weight excluding hydrogens is 246 g/mol. The van der Waals surface area contributed by atoms with Crippen LogP contribution in [-0.2, 0) is 11.3 Å². The lowest BCUT2D eigenvalue weighted by molar-refractivity contribution is -0.120. The monoisotopic (exact) mass is 263 g/mol. The minimum absolute atomic E-state index is 0.0773. The summed E-state index contributed by atoms with van der Waals surface area (Å²) in [7, 11) is 0. The summed E-state index contributed by atoms with van der Waals surface area (Å²) in [6.45, 7) is 0.411. The molecule has 1 rings (SSSR count). The summed E-state index contributed by atoms with van der Waals surface area (Å²) >= 11 is 1.66. The number of rotatable bonds is 5. The molecule has 0 aromatic heterocycles. The maximum atomic E-state index is 11.4. The Balaban J connectivity index is 2.41. The fourth-order valence-electron chi connectivity index (χ4n) is 1.33. The first-order chi connectivity index (χ1) is 8.76. The molecule has 2 N–H and O–H groups in total. The lowest BCUT2D eigenvalue weighted by Gasteiger charge is -2.04. The smallest absolute Gasteiger partial charge is 0.221 e. The highest BCUT2D eigenvalue weighted by Crippen LogP contribution is 2.03. The lowest BCUT2D eigenvalue weighted by atomic mass is 10.1. The van der Waals surface area contributed by atoms with Crippen molar-refractivity contribution in [3.8, 4) is 11.8 Å². The average molecular weight is 263 g/mol. The van der Waals surface area contributed by atoms with Crippen LogP contribution in [0.1, 0.15) is 17.5 Å².